The van der Waals surface area contributed by atoms with Gasteiger partial charge >= 0.3 is 5.97 Å². The quantitative estimate of drug-likeness (QED) is 0.235. The topological polar surface area (TPSA) is 52.1 Å². The maximum Gasteiger partial charge on any atom is 0.310 e. The van der Waals surface area contributed by atoms with E-state index in [2.05, 4.69) is 16.9 Å². The van der Waals surface area contributed by atoms with Crippen molar-refractivity contribution < 1.29 is 13.9 Å². The molecule has 0 amide bonds. The van der Waals surface area contributed by atoms with Crippen molar-refractivity contribution >= 4 is 5.97 Å². The molecular formula is C26H35FN2O2. The lowest BCUT2D eigenvalue weighted by Crippen LogP contribution is -2.15. The molecular weight excluding hydrogens is 391 g/mol. The number of esters is 1. The van der Waals surface area contributed by atoms with E-state index in [9.17, 15) is 9.18 Å². The van der Waals surface area contributed by atoms with Gasteiger partial charge in [-0.15, -0.1) is 0 Å². The van der Waals surface area contributed by atoms with E-state index >= 15 is 0 Å². The number of benzene rings is 1. The number of hydrogen-bond acceptors (Lipinski definition) is 4. The molecule has 0 atom stereocenters. The third-order valence-electron chi connectivity index (χ3n) is 6.43. The van der Waals surface area contributed by atoms with Gasteiger partial charge in [-0.25, -0.2) is 14.4 Å². The zero-order chi connectivity index (χ0) is 22.1. The van der Waals surface area contributed by atoms with Crippen molar-refractivity contribution in [2.24, 2.45) is 11.8 Å². The predicted molar refractivity (Wildman–Crippen MR) is 121 cm³/mol. The molecule has 1 aliphatic rings. The summed E-state index contributed by atoms with van der Waals surface area (Å²) in [4.78, 5) is 20.2. The van der Waals surface area contributed by atoms with Crippen LogP contribution in [0.2, 0.25) is 0 Å². The Morgan fingerprint density at radius 3 is 2.32 bits per heavy atom. The van der Waals surface area contributed by atoms with Crippen molar-refractivity contribution in [3.05, 3.63) is 42.0 Å². The predicted octanol–water partition coefficient (Wildman–Crippen LogP) is 6.92. The van der Waals surface area contributed by atoms with Gasteiger partial charge < -0.3 is 4.74 Å². The lowest BCUT2D eigenvalue weighted by Gasteiger charge is -2.28. The molecule has 1 aromatic carbocycles. The van der Waals surface area contributed by atoms with Crippen LogP contribution in [0.1, 0.15) is 83.6 Å². The summed E-state index contributed by atoms with van der Waals surface area (Å²) in [5.74, 6) is 1.13. The van der Waals surface area contributed by atoms with E-state index < -0.39 is 11.8 Å². The molecule has 1 aromatic heterocycles. The molecule has 0 spiro atoms. The summed E-state index contributed by atoms with van der Waals surface area (Å²) < 4.78 is 19.2. The smallest absolute Gasteiger partial charge is 0.310 e. The molecule has 0 unspecified atom stereocenters. The summed E-state index contributed by atoms with van der Waals surface area (Å²) in [6.45, 7) is 3.94. The summed E-state index contributed by atoms with van der Waals surface area (Å²) in [6.07, 6.45) is 17.1. The standard InChI is InChI=1S/C26H35FN2O2/c1-3-5-6-7-19-8-10-20(11-9-19)12-13-21-17-28-26(29-18-21)22-14-15-24(23(27)16-22)31-25(30)4-2/h14-20H,3-13H2,1-2H3/t19-,20-. The van der Waals surface area contributed by atoms with Crippen LogP contribution in [0.5, 0.6) is 5.75 Å². The van der Waals surface area contributed by atoms with Crippen LogP contribution in [-0.4, -0.2) is 15.9 Å². The van der Waals surface area contributed by atoms with E-state index in [-0.39, 0.29) is 12.2 Å². The number of aromatic nitrogens is 2. The van der Waals surface area contributed by atoms with Crippen LogP contribution < -0.4 is 4.74 Å². The van der Waals surface area contributed by atoms with E-state index in [1.807, 2.05) is 12.4 Å². The Morgan fingerprint density at radius 1 is 1.03 bits per heavy atom. The van der Waals surface area contributed by atoms with Crippen molar-refractivity contribution in [3.63, 3.8) is 0 Å². The summed E-state index contributed by atoms with van der Waals surface area (Å²) in [7, 11) is 0. The second-order valence-electron chi connectivity index (χ2n) is 8.81. The van der Waals surface area contributed by atoms with E-state index in [0.717, 1.165) is 23.8 Å². The molecule has 1 fully saturated rings. The van der Waals surface area contributed by atoms with E-state index in [0.29, 0.717) is 11.4 Å². The van der Waals surface area contributed by atoms with E-state index in [1.165, 1.54) is 69.9 Å². The van der Waals surface area contributed by atoms with Crippen LogP contribution in [0.4, 0.5) is 4.39 Å². The van der Waals surface area contributed by atoms with Crippen molar-refractivity contribution in [1.82, 2.24) is 9.97 Å². The Bertz CT molecular complexity index is 830. The second kappa shape index (κ2) is 11.9. The molecule has 4 nitrogen and oxygen atoms in total. The number of rotatable bonds is 10. The molecule has 0 aliphatic heterocycles. The highest BCUT2D eigenvalue weighted by molar-refractivity contribution is 5.72. The van der Waals surface area contributed by atoms with Gasteiger partial charge in [0.25, 0.3) is 0 Å². The largest absolute Gasteiger partial charge is 0.423 e. The Labute approximate surface area is 185 Å². The fourth-order valence-corrected chi connectivity index (χ4v) is 4.41. The van der Waals surface area contributed by atoms with Crippen LogP contribution in [0, 0.1) is 17.7 Å². The van der Waals surface area contributed by atoms with Gasteiger partial charge in [0.15, 0.2) is 17.4 Å². The van der Waals surface area contributed by atoms with Gasteiger partial charge in [0.05, 0.1) is 0 Å². The lowest BCUT2D eigenvalue weighted by atomic mass is 9.78. The molecule has 31 heavy (non-hydrogen) atoms. The number of aryl methyl sites for hydroxylation is 1. The third-order valence-corrected chi connectivity index (χ3v) is 6.43. The average Bonchev–Trinajstić information content (AvgIpc) is 2.80. The Kier molecular flexibility index (Phi) is 8.98. The number of unbranched alkanes of at least 4 members (excludes halogenated alkanes) is 2. The summed E-state index contributed by atoms with van der Waals surface area (Å²) >= 11 is 0. The van der Waals surface area contributed by atoms with Crippen LogP contribution in [-0.2, 0) is 11.2 Å². The zero-order valence-corrected chi connectivity index (χ0v) is 18.9. The molecule has 0 saturated heterocycles. The molecule has 5 heteroatoms. The van der Waals surface area contributed by atoms with Gasteiger partial charge in [0.1, 0.15) is 0 Å². The SMILES string of the molecule is CCCCC[C@H]1CC[C@H](CCc2cnc(-c3ccc(OC(=O)CC)c(F)c3)nc2)CC1. The lowest BCUT2D eigenvalue weighted by molar-refractivity contribution is -0.134. The van der Waals surface area contributed by atoms with Gasteiger partial charge in [0, 0.05) is 24.4 Å². The average molecular weight is 427 g/mol. The van der Waals surface area contributed by atoms with Crippen molar-refractivity contribution in [2.45, 2.75) is 84.5 Å². The van der Waals surface area contributed by atoms with Crippen LogP contribution >= 0.6 is 0 Å². The molecule has 1 saturated carbocycles. The minimum atomic E-state index is -0.586. The van der Waals surface area contributed by atoms with Crippen LogP contribution in [0.15, 0.2) is 30.6 Å². The first-order chi connectivity index (χ1) is 15.1. The van der Waals surface area contributed by atoms with Gasteiger partial charge in [-0.3, -0.25) is 4.79 Å². The van der Waals surface area contributed by atoms with Gasteiger partial charge in [-0.1, -0.05) is 65.2 Å². The maximum atomic E-state index is 14.2. The van der Waals surface area contributed by atoms with E-state index in [1.54, 1.807) is 13.0 Å². The number of carbonyl (C=O) groups is 1. The summed E-state index contributed by atoms with van der Waals surface area (Å²) in [5, 5.41) is 0. The van der Waals surface area contributed by atoms with Gasteiger partial charge in [-0.05, 0) is 48.4 Å². The molecule has 1 heterocycles. The normalized spacial score (nSPS) is 18.7. The first-order valence-corrected chi connectivity index (χ1v) is 11.9. The minimum Gasteiger partial charge on any atom is -0.423 e. The van der Waals surface area contributed by atoms with Crippen LogP contribution in [0.25, 0.3) is 11.4 Å². The molecule has 2 aromatic rings. The number of nitrogens with zero attached hydrogens (tertiary/aromatic N) is 2. The van der Waals surface area contributed by atoms with Gasteiger partial charge in [-0.2, -0.15) is 0 Å². The number of hydrogen-bond donors (Lipinski definition) is 0. The highest BCUT2D eigenvalue weighted by Gasteiger charge is 2.20. The highest BCUT2D eigenvalue weighted by Crippen LogP contribution is 2.34. The molecule has 0 N–H and O–H groups in total. The molecule has 3 rings (SSSR count). The minimum absolute atomic E-state index is 0.0627. The number of ether oxygens (including phenoxy) is 1. The first kappa shape index (κ1) is 23.4. The highest BCUT2D eigenvalue weighted by atomic mass is 19.1. The van der Waals surface area contributed by atoms with Crippen molar-refractivity contribution in [1.29, 1.82) is 0 Å². The molecule has 0 radical (unpaired) electrons. The monoisotopic (exact) mass is 426 g/mol. The number of carbonyl (C=O) groups excluding carboxylic acids is 1. The van der Waals surface area contributed by atoms with Crippen molar-refractivity contribution in [3.8, 4) is 17.1 Å². The van der Waals surface area contributed by atoms with Gasteiger partial charge in [0.2, 0.25) is 0 Å². The summed E-state index contributed by atoms with van der Waals surface area (Å²) in [5.41, 5.74) is 1.70. The maximum absolute atomic E-state index is 14.2. The first-order valence-electron chi connectivity index (χ1n) is 11.9. The molecule has 1 aliphatic carbocycles. The number of halogens is 1. The molecule has 168 valence electrons. The fraction of sp³-hybridized carbons (Fsp3) is 0.577. The third kappa shape index (κ3) is 7.12. The summed E-state index contributed by atoms with van der Waals surface area (Å²) in [6, 6.07) is 4.44. The second-order valence-corrected chi connectivity index (χ2v) is 8.81. The van der Waals surface area contributed by atoms with E-state index in [4.69, 9.17) is 4.74 Å². The van der Waals surface area contributed by atoms with Crippen molar-refractivity contribution in [2.75, 3.05) is 0 Å². The Balaban J connectivity index is 1.47. The zero-order valence-electron chi connectivity index (χ0n) is 18.9. The fourth-order valence-electron chi connectivity index (χ4n) is 4.41. The Hall–Kier alpha value is -2.30. The van der Waals surface area contributed by atoms with Crippen LogP contribution in [0.3, 0.4) is 0 Å². The molecule has 0 bridgehead atoms. The Morgan fingerprint density at radius 2 is 1.71 bits per heavy atom.